The fourth-order valence-corrected chi connectivity index (χ4v) is 1.17. The highest BCUT2D eigenvalue weighted by Gasteiger charge is 2.27. The number of ether oxygens (including phenoxy) is 2. The first-order valence-corrected chi connectivity index (χ1v) is 3.60. The van der Waals surface area contributed by atoms with Crippen LogP contribution in [0, 0.1) is 0 Å². The lowest BCUT2D eigenvalue weighted by molar-refractivity contribution is -0.0921. The second-order valence-electron chi connectivity index (χ2n) is 2.91. The second kappa shape index (κ2) is 3.32. The highest BCUT2D eigenvalue weighted by atomic mass is 16.5. The molecular weight excluding hydrogens is 130 g/mol. The summed E-state index contributed by atoms with van der Waals surface area (Å²) in [6, 6.07) is 0. The molecule has 1 N–H and O–H groups in total. The average Bonchev–Trinajstić information content (AvgIpc) is 1.89. The van der Waals surface area contributed by atoms with Crippen molar-refractivity contribution in [1.29, 1.82) is 0 Å². The summed E-state index contributed by atoms with van der Waals surface area (Å²) in [7, 11) is 1.70. The van der Waals surface area contributed by atoms with E-state index in [9.17, 15) is 0 Å². The van der Waals surface area contributed by atoms with Crippen molar-refractivity contribution in [3.63, 3.8) is 0 Å². The van der Waals surface area contributed by atoms with Gasteiger partial charge in [0, 0.05) is 20.2 Å². The Hall–Kier alpha value is -0.120. The largest absolute Gasteiger partial charge is 0.382 e. The van der Waals surface area contributed by atoms with Gasteiger partial charge >= 0.3 is 0 Å². The highest BCUT2D eigenvalue weighted by molar-refractivity contribution is 4.80. The van der Waals surface area contributed by atoms with E-state index in [0.29, 0.717) is 6.61 Å². The average molecular weight is 145 g/mol. The molecule has 1 fully saturated rings. The minimum Gasteiger partial charge on any atom is -0.382 e. The zero-order chi connectivity index (χ0) is 7.45. The van der Waals surface area contributed by atoms with E-state index >= 15 is 0 Å². The Morgan fingerprint density at radius 1 is 1.70 bits per heavy atom. The molecule has 1 heterocycles. The van der Waals surface area contributed by atoms with E-state index in [2.05, 4.69) is 12.2 Å². The van der Waals surface area contributed by atoms with Gasteiger partial charge in [0.05, 0.1) is 13.2 Å². The predicted molar refractivity (Wildman–Crippen MR) is 39.1 cm³/mol. The molecule has 1 rings (SSSR count). The lowest BCUT2D eigenvalue weighted by atomic mass is 10.1. The normalized spacial score (nSPS) is 34.2. The molecule has 3 heteroatoms. The van der Waals surface area contributed by atoms with Crippen molar-refractivity contribution >= 4 is 0 Å². The molecular formula is C7H15NO2. The van der Waals surface area contributed by atoms with Crippen LogP contribution < -0.4 is 5.32 Å². The van der Waals surface area contributed by atoms with E-state index in [1.807, 2.05) is 0 Å². The Kier molecular flexibility index (Phi) is 2.65. The summed E-state index contributed by atoms with van der Waals surface area (Å²) in [5.41, 5.74) is -0.104. The third kappa shape index (κ3) is 1.94. The van der Waals surface area contributed by atoms with Crippen LogP contribution in [0.2, 0.25) is 0 Å². The summed E-state index contributed by atoms with van der Waals surface area (Å²) in [5.74, 6) is 0. The Morgan fingerprint density at radius 3 is 3.00 bits per heavy atom. The van der Waals surface area contributed by atoms with Crippen molar-refractivity contribution < 1.29 is 9.47 Å². The van der Waals surface area contributed by atoms with Crippen molar-refractivity contribution in [2.45, 2.75) is 12.5 Å². The number of methoxy groups -OCH3 is 1. The molecule has 0 unspecified atom stereocenters. The van der Waals surface area contributed by atoms with Crippen LogP contribution >= 0.6 is 0 Å². The molecule has 1 aliphatic rings. The van der Waals surface area contributed by atoms with Crippen LogP contribution in [0.1, 0.15) is 6.92 Å². The van der Waals surface area contributed by atoms with Gasteiger partial charge in [-0.05, 0) is 6.92 Å². The molecule has 0 radical (unpaired) electrons. The van der Waals surface area contributed by atoms with Crippen LogP contribution in [-0.4, -0.2) is 39.0 Å². The fourth-order valence-electron chi connectivity index (χ4n) is 1.17. The molecule has 0 saturated carbocycles. The minimum absolute atomic E-state index is 0.104. The smallest absolute Gasteiger partial charge is 0.101 e. The molecule has 0 aromatic heterocycles. The van der Waals surface area contributed by atoms with Crippen LogP contribution in [0.25, 0.3) is 0 Å². The van der Waals surface area contributed by atoms with E-state index in [1.165, 1.54) is 0 Å². The van der Waals surface area contributed by atoms with Crippen molar-refractivity contribution in [1.82, 2.24) is 5.32 Å². The monoisotopic (exact) mass is 145 g/mol. The first-order chi connectivity index (χ1) is 4.77. The van der Waals surface area contributed by atoms with Crippen molar-refractivity contribution in [3.05, 3.63) is 0 Å². The number of hydrogen-bond acceptors (Lipinski definition) is 3. The van der Waals surface area contributed by atoms with Gasteiger partial charge in [-0.3, -0.25) is 0 Å². The van der Waals surface area contributed by atoms with Crippen molar-refractivity contribution in [3.8, 4) is 0 Å². The maximum atomic E-state index is 5.52. The molecule has 0 aromatic carbocycles. The summed E-state index contributed by atoms with van der Waals surface area (Å²) in [4.78, 5) is 0. The van der Waals surface area contributed by atoms with E-state index in [0.717, 1.165) is 19.7 Å². The predicted octanol–water partition coefficient (Wildman–Crippen LogP) is 0.0113. The lowest BCUT2D eigenvalue weighted by Crippen LogP contribution is -2.50. The zero-order valence-electron chi connectivity index (χ0n) is 6.64. The van der Waals surface area contributed by atoms with Crippen LogP contribution in [0.15, 0.2) is 0 Å². The minimum atomic E-state index is -0.104. The maximum absolute atomic E-state index is 5.52. The molecule has 1 atom stereocenters. The molecule has 60 valence electrons. The molecule has 0 spiro atoms. The van der Waals surface area contributed by atoms with Gasteiger partial charge in [-0.1, -0.05) is 0 Å². The van der Waals surface area contributed by atoms with Crippen LogP contribution in [0.4, 0.5) is 0 Å². The molecule has 1 saturated heterocycles. The van der Waals surface area contributed by atoms with Gasteiger partial charge in [-0.2, -0.15) is 0 Å². The Bertz CT molecular complexity index is 94.3. The topological polar surface area (TPSA) is 30.5 Å². The number of nitrogens with one attached hydrogen (secondary N) is 1. The summed E-state index contributed by atoms with van der Waals surface area (Å²) >= 11 is 0. The van der Waals surface area contributed by atoms with Gasteiger partial charge in [0.1, 0.15) is 5.60 Å². The summed E-state index contributed by atoms with van der Waals surface area (Å²) < 4.78 is 10.5. The standard InChI is InChI=1S/C7H15NO2/c1-7(6-9-2)5-8-3-4-10-7/h8H,3-6H2,1-2H3/t7-/m1/s1. The van der Waals surface area contributed by atoms with E-state index in [-0.39, 0.29) is 5.60 Å². The molecule has 0 aromatic rings. The van der Waals surface area contributed by atoms with Crippen LogP contribution in [-0.2, 0) is 9.47 Å². The van der Waals surface area contributed by atoms with Gasteiger partial charge in [0.15, 0.2) is 0 Å². The zero-order valence-corrected chi connectivity index (χ0v) is 6.64. The van der Waals surface area contributed by atoms with E-state index < -0.39 is 0 Å². The first-order valence-electron chi connectivity index (χ1n) is 3.60. The Balaban J connectivity index is 2.32. The SMILES string of the molecule is COC[C@@]1(C)CNCCO1. The van der Waals surface area contributed by atoms with Crippen LogP contribution in [0.3, 0.4) is 0 Å². The quantitative estimate of drug-likeness (QED) is 0.594. The summed E-state index contributed by atoms with van der Waals surface area (Å²) in [6.07, 6.45) is 0. The molecule has 0 bridgehead atoms. The Morgan fingerprint density at radius 2 is 2.50 bits per heavy atom. The second-order valence-corrected chi connectivity index (χ2v) is 2.91. The van der Waals surface area contributed by atoms with Gasteiger partial charge in [-0.25, -0.2) is 0 Å². The number of morpholine rings is 1. The summed E-state index contributed by atoms with van der Waals surface area (Å²) in [5, 5.41) is 3.26. The van der Waals surface area contributed by atoms with Crippen molar-refractivity contribution in [2.75, 3.05) is 33.4 Å². The summed E-state index contributed by atoms with van der Waals surface area (Å²) in [6.45, 7) is 5.36. The molecule has 3 nitrogen and oxygen atoms in total. The molecule has 0 amide bonds. The third-order valence-corrected chi connectivity index (χ3v) is 1.68. The van der Waals surface area contributed by atoms with E-state index in [4.69, 9.17) is 9.47 Å². The molecule has 10 heavy (non-hydrogen) atoms. The van der Waals surface area contributed by atoms with E-state index in [1.54, 1.807) is 7.11 Å². The van der Waals surface area contributed by atoms with Gasteiger partial charge in [0.25, 0.3) is 0 Å². The van der Waals surface area contributed by atoms with Gasteiger partial charge in [0.2, 0.25) is 0 Å². The number of rotatable bonds is 2. The lowest BCUT2D eigenvalue weighted by Gasteiger charge is -2.33. The third-order valence-electron chi connectivity index (χ3n) is 1.68. The highest BCUT2D eigenvalue weighted by Crippen LogP contribution is 2.11. The molecule has 1 aliphatic heterocycles. The van der Waals surface area contributed by atoms with Crippen molar-refractivity contribution in [2.24, 2.45) is 0 Å². The van der Waals surface area contributed by atoms with Gasteiger partial charge < -0.3 is 14.8 Å². The molecule has 0 aliphatic carbocycles. The van der Waals surface area contributed by atoms with Crippen LogP contribution in [0.5, 0.6) is 0 Å². The fraction of sp³-hybridized carbons (Fsp3) is 1.00. The first kappa shape index (κ1) is 7.98. The maximum Gasteiger partial charge on any atom is 0.101 e. The Labute approximate surface area is 61.7 Å². The van der Waals surface area contributed by atoms with Gasteiger partial charge in [-0.15, -0.1) is 0 Å². The number of hydrogen-bond donors (Lipinski definition) is 1.